The molecule has 1 amide bonds. The van der Waals surface area contributed by atoms with Crippen molar-refractivity contribution in [3.8, 4) is 0 Å². The summed E-state index contributed by atoms with van der Waals surface area (Å²) in [4.78, 5) is 13.5. The fourth-order valence-corrected chi connectivity index (χ4v) is 1.80. The predicted octanol–water partition coefficient (Wildman–Crippen LogP) is 0.273. The molecule has 0 aliphatic rings. The molecular weight excluding hydrogens is 218 g/mol. The number of carbonyl (C=O) groups excluding carboxylic acids is 1. The topological polar surface area (TPSA) is 76.2 Å². The molecule has 96 valence electrons. The van der Waals surface area contributed by atoms with Gasteiger partial charge in [-0.1, -0.05) is 0 Å². The number of likely N-dealkylation sites (N-methyl/N-ethyl adjacent to an activating group) is 2. The Hall–Kier alpha value is -1.72. The lowest BCUT2D eigenvalue weighted by Gasteiger charge is -2.22. The third-order valence-corrected chi connectivity index (χ3v) is 2.63. The Morgan fingerprint density at radius 1 is 1.53 bits per heavy atom. The lowest BCUT2D eigenvalue weighted by molar-refractivity contribution is -0.119. The second-order valence-corrected chi connectivity index (χ2v) is 3.91. The van der Waals surface area contributed by atoms with Crippen LogP contribution in [0.25, 0.3) is 0 Å². The Morgan fingerprint density at radius 3 is 2.59 bits per heavy atom. The summed E-state index contributed by atoms with van der Waals surface area (Å²) in [6, 6.07) is 0. The molecule has 3 N–H and O–H groups in total. The summed E-state index contributed by atoms with van der Waals surface area (Å²) in [6.45, 7) is 7.39. The molecule has 0 radical (unpaired) electrons. The lowest BCUT2D eigenvalue weighted by atomic mass is 10.3. The Balaban J connectivity index is 2.90. The van der Waals surface area contributed by atoms with E-state index in [4.69, 9.17) is 5.73 Å². The molecule has 0 aliphatic heterocycles. The lowest BCUT2D eigenvalue weighted by Crippen LogP contribution is -2.38. The average Bonchev–Trinajstić information content (AvgIpc) is 2.51. The first-order chi connectivity index (χ1) is 8.01. The van der Waals surface area contributed by atoms with Gasteiger partial charge in [0.25, 0.3) is 0 Å². The van der Waals surface area contributed by atoms with Gasteiger partial charge in [-0.25, -0.2) is 0 Å². The van der Waals surface area contributed by atoms with Crippen LogP contribution in [0.2, 0.25) is 0 Å². The van der Waals surface area contributed by atoms with Crippen LogP contribution < -0.4 is 16.0 Å². The van der Waals surface area contributed by atoms with E-state index in [1.807, 2.05) is 32.7 Å². The molecule has 0 bridgehead atoms. The summed E-state index contributed by atoms with van der Waals surface area (Å²) >= 11 is 0. The summed E-state index contributed by atoms with van der Waals surface area (Å²) < 4.78 is 1.72. The Kier molecular flexibility index (Phi) is 4.37. The van der Waals surface area contributed by atoms with E-state index in [1.165, 1.54) is 0 Å². The quantitative estimate of drug-likeness (QED) is 0.773. The van der Waals surface area contributed by atoms with Gasteiger partial charge in [0.05, 0.1) is 17.9 Å². The molecule has 6 nitrogen and oxygen atoms in total. The van der Waals surface area contributed by atoms with Crippen molar-refractivity contribution in [1.29, 1.82) is 0 Å². The standard InChI is InChI=1S/C11H21N5O/c1-5-13-9(17)7-16(6-2)11-10(12)8(3)14-15(11)4/h5-7,12H2,1-4H3,(H,13,17). The van der Waals surface area contributed by atoms with Crippen LogP contribution >= 0.6 is 0 Å². The largest absolute Gasteiger partial charge is 0.394 e. The number of nitrogen functional groups attached to an aromatic ring is 1. The van der Waals surface area contributed by atoms with Crippen molar-refractivity contribution in [2.45, 2.75) is 20.8 Å². The van der Waals surface area contributed by atoms with Crippen molar-refractivity contribution >= 4 is 17.4 Å². The van der Waals surface area contributed by atoms with Crippen LogP contribution in [0.1, 0.15) is 19.5 Å². The number of rotatable bonds is 5. The molecule has 0 saturated heterocycles. The summed E-state index contributed by atoms with van der Waals surface area (Å²) in [6.07, 6.45) is 0. The summed E-state index contributed by atoms with van der Waals surface area (Å²) in [5.74, 6) is 0.795. The van der Waals surface area contributed by atoms with Crippen molar-refractivity contribution in [2.75, 3.05) is 30.3 Å². The SMILES string of the molecule is CCNC(=O)CN(CC)c1c(N)c(C)nn1C. The van der Waals surface area contributed by atoms with Gasteiger partial charge >= 0.3 is 0 Å². The first-order valence-electron chi connectivity index (χ1n) is 5.81. The third-order valence-electron chi connectivity index (χ3n) is 2.63. The zero-order chi connectivity index (χ0) is 13.0. The average molecular weight is 239 g/mol. The number of nitrogens with one attached hydrogen (secondary N) is 1. The van der Waals surface area contributed by atoms with Crippen molar-refractivity contribution in [3.05, 3.63) is 5.69 Å². The van der Waals surface area contributed by atoms with Gasteiger partial charge < -0.3 is 16.0 Å². The van der Waals surface area contributed by atoms with E-state index in [9.17, 15) is 4.79 Å². The maximum Gasteiger partial charge on any atom is 0.239 e. The Labute approximate surface area is 102 Å². The first kappa shape index (κ1) is 13.3. The van der Waals surface area contributed by atoms with Crippen LogP contribution in [-0.2, 0) is 11.8 Å². The highest BCUT2D eigenvalue weighted by atomic mass is 16.2. The molecule has 1 heterocycles. The fraction of sp³-hybridized carbons (Fsp3) is 0.636. The third kappa shape index (κ3) is 2.89. The van der Waals surface area contributed by atoms with E-state index >= 15 is 0 Å². The number of hydrogen-bond acceptors (Lipinski definition) is 4. The smallest absolute Gasteiger partial charge is 0.239 e. The number of nitrogens with zero attached hydrogens (tertiary/aromatic N) is 3. The zero-order valence-electron chi connectivity index (χ0n) is 10.9. The predicted molar refractivity (Wildman–Crippen MR) is 68.9 cm³/mol. The maximum absolute atomic E-state index is 11.6. The minimum Gasteiger partial charge on any atom is -0.394 e. The minimum atomic E-state index is -0.00685. The number of aryl methyl sites for hydroxylation is 2. The van der Waals surface area contributed by atoms with Gasteiger partial charge in [-0.15, -0.1) is 0 Å². The minimum absolute atomic E-state index is 0.00685. The van der Waals surface area contributed by atoms with Crippen LogP contribution in [0.5, 0.6) is 0 Å². The second-order valence-electron chi connectivity index (χ2n) is 3.91. The molecule has 0 aromatic carbocycles. The highest BCUT2D eigenvalue weighted by Crippen LogP contribution is 2.24. The number of carbonyl (C=O) groups is 1. The number of anilines is 2. The molecule has 0 unspecified atom stereocenters. The van der Waals surface area contributed by atoms with Crippen LogP contribution in [0, 0.1) is 6.92 Å². The Morgan fingerprint density at radius 2 is 2.18 bits per heavy atom. The van der Waals surface area contributed by atoms with E-state index in [0.717, 1.165) is 11.5 Å². The van der Waals surface area contributed by atoms with Gasteiger partial charge in [-0.2, -0.15) is 5.10 Å². The molecule has 0 spiro atoms. The normalized spacial score (nSPS) is 10.4. The number of nitrogens with two attached hydrogens (primary N) is 1. The van der Waals surface area contributed by atoms with Gasteiger partial charge in [0.15, 0.2) is 5.82 Å². The number of aromatic nitrogens is 2. The van der Waals surface area contributed by atoms with Gasteiger partial charge in [0.1, 0.15) is 0 Å². The summed E-state index contributed by atoms with van der Waals surface area (Å²) in [7, 11) is 1.83. The monoisotopic (exact) mass is 239 g/mol. The molecule has 6 heteroatoms. The van der Waals surface area contributed by atoms with Gasteiger partial charge in [0, 0.05) is 20.1 Å². The van der Waals surface area contributed by atoms with Crippen LogP contribution in [0.15, 0.2) is 0 Å². The van der Waals surface area contributed by atoms with Crippen molar-refractivity contribution < 1.29 is 4.79 Å². The molecule has 17 heavy (non-hydrogen) atoms. The summed E-state index contributed by atoms with van der Waals surface area (Å²) in [5.41, 5.74) is 7.40. The number of amides is 1. The van der Waals surface area contributed by atoms with E-state index in [-0.39, 0.29) is 5.91 Å². The molecule has 0 atom stereocenters. The zero-order valence-corrected chi connectivity index (χ0v) is 10.9. The van der Waals surface area contributed by atoms with Gasteiger partial charge in [-0.3, -0.25) is 9.48 Å². The van der Waals surface area contributed by atoms with Crippen LogP contribution in [0.3, 0.4) is 0 Å². The molecular formula is C11H21N5O. The van der Waals surface area contributed by atoms with E-state index in [2.05, 4.69) is 10.4 Å². The van der Waals surface area contributed by atoms with Crippen LogP contribution in [-0.4, -0.2) is 35.3 Å². The van der Waals surface area contributed by atoms with Crippen molar-refractivity contribution in [3.63, 3.8) is 0 Å². The molecule has 1 aromatic heterocycles. The number of hydrogen-bond donors (Lipinski definition) is 2. The maximum atomic E-state index is 11.6. The highest BCUT2D eigenvalue weighted by Gasteiger charge is 2.18. The first-order valence-corrected chi connectivity index (χ1v) is 5.81. The van der Waals surface area contributed by atoms with Crippen molar-refractivity contribution in [1.82, 2.24) is 15.1 Å². The van der Waals surface area contributed by atoms with Gasteiger partial charge in [0.2, 0.25) is 5.91 Å². The van der Waals surface area contributed by atoms with Crippen molar-refractivity contribution in [2.24, 2.45) is 7.05 Å². The summed E-state index contributed by atoms with van der Waals surface area (Å²) in [5, 5.41) is 7.03. The highest BCUT2D eigenvalue weighted by molar-refractivity contribution is 5.82. The van der Waals surface area contributed by atoms with E-state index in [0.29, 0.717) is 25.3 Å². The second kappa shape index (κ2) is 5.56. The molecule has 0 fully saturated rings. The fourth-order valence-electron chi connectivity index (χ4n) is 1.80. The van der Waals surface area contributed by atoms with E-state index in [1.54, 1.807) is 4.68 Å². The van der Waals surface area contributed by atoms with E-state index < -0.39 is 0 Å². The molecule has 1 aromatic rings. The Bertz CT molecular complexity index is 399. The molecule has 1 rings (SSSR count). The van der Waals surface area contributed by atoms with Crippen LogP contribution in [0.4, 0.5) is 11.5 Å². The molecule has 0 saturated carbocycles. The van der Waals surface area contributed by atoms with Gasteiger partial charge in [-0.05, 0) is 20.8 Å². The molecule has 0 aliphatic carbocycles.